The maximum atomic E-state index is 10.9. The van der Waals surface area contributed by atoms with Gasteiger partial charge in [-0.05, 0) is 37.3 Å². The van der Waals surface area contributed by atoms with E-state index in [1.165, 1.54) is 0 Å². The van der Waals surface area contributed by atoms with Gasteiger partial charge in [-0.1, -0.05) is 27.7 Å². The summed E-state index contributed by atoms with van der Waals surface area (Å²) >= 11 is 0. The van der Waals surface area contributed by atoms with Gasteiger partial charge in [0.2, 0.25) is 5.91 Å². The highest BCUT2D eigenvalue weighted by Crippen LogP contribution is 2.35. The van der Waals surface area contributed by atoms with Crippen LogP contribution in [0.15, 0.2) is 0 Å². The third-order valence-electron chi connectivity index (χ3n) is 2.82. The van der Waals surface area contributed by atoms with Gasteiger partial charge in [0.25, 0.3) is 0 Å². The zero-order valence-corrected chi connectivity index (χ0v) is 11.7. The zero-order valence-electron chi connectivity index (χ0n) is 11.7. The van der Waals surface area contributed by atoms with Gasteiger partial charge >= 0.3 is 0 Å². The molecule has 0 saturated heterocycles. The predicted molar refractivity (Wildman–Crippen MR) is 69.4 cm³/mol. The maximum Gasteiger partial charge on any atom is 0.216 e. The molecule has 0 aliphatic heterocycles. The molecule has 0 saturated carbocycles. The summed E-state index contributed by atoms with van der Waals surface area (Å²) in [6.07, 6.45) is 2.27. The van der Waals surface area contributed by atoms with Crippen molar-refractivity contribution in [1.82, 2.24) is 10.6 Å². The van der Waals surface area contributed by atoms with Gasteiger partial charge in [-0.3, -0.25) is 4.79 Å². The molecule has 0 aliphatic rings. The van der Waals surface area contributed by atoms with Crippen LogP contribution in [0.3, 0.4) is 0 Å². The van der Waals surface area contributed by atoms with Crippen LogP contribution in [-0.2, 0) is 4.79 Å². The molecule has 16 heavy (non-hydrogen) atoms. The fourth-order valence-electron chi connectivity index (χ4n) is 2.27. The molecule has 0 fully saturated rings. The molecule has 0 spiro atoms. The molecule has 0 atom stereocenters. The molecule has 1 amide bonds. The molecule has 0 bridgehead atoms. The molecule has 3 nitrogen and oxygen atoms in total. The fourth-order valence-corrected chi connectivity index (χ4v) is 2.27. The Kier molecular flexibility index (Phi) is 6.01. The first-order chi connectivity index (χ1) is 7.18. The summed E-state index contributed by atoms with van der Waals surface area (Å²) in [5.41, 5.74) is 0.466. The first kappa shape index (κ1) is 15.4. The lowest BCUT2D eigenvalue weighted by molar-refractivity contribution is -0.119. The van der Waals surface area contributed by atoms with E-state index in [1.54, 1.807) is 6.92 Å². The van der Waals surface area contributed by atoms with Gasteiger partial charge in [-0.25, -0.2) is 0 Å². The fraction of sp³-hybridized carbons (Fsp3) is 0.923. The second-order valence-electron chi connectivity index (χ2n) is 6.27. The summed E-state index contributed by atoms with van der Waals surface area (Å²) in [6.45, 7) is 12.4. The molecule has 2 N–H and O–H groups in total. The van der Waals surface area contributed by atoms with E-state index in [0.717, 1.165) is 25.9 Å². The van der Waals surface area contributed by atoms with Crippen LogP contribution in [0.2, 0.25) is 0 Å². The Labute approximate surface area is 100 Å². The van der Waals surface area contributed by atoms with E-state index in [1.807, 2.05) is 7.05 Å². The van der Waals surface area contributed by atoms with Crippen molar-refractivity contribution in [2.24, 2.45) is 10.8 Å². The van der Waals surface area contributed by atoms with Gasteiger partial charge in [0.05, 0.1) is 0 Å². The van der Waals surface area contributed by atoms with Crippen LogP contribution in [0, 0.1) is 10.8 Å². The minimum Gasteiger partial charge on any atom is -0.356 e. The Morgan fingerprint density at radius 1 is 1.12 bits per heavy atom. The quantitative estimate of drug-likeness (QED) is 0.701. The van der Waals surface area contributed by atoms with E-state index >= 15 is 0 Å². The van der Waals surface area contributed by atoms with Crippen LogP contribution in [0.5, 0.6) is 0 Å². The number of carbonyl (C=O) groups is 1. The Morgan fingerprint density at radius 3 is 2.12 bits per heavy atom. The van der Waals surface area contributed by atoms with Gasteiger partial charge < -0.3 is 10.6 Å². The van der Waals surface area contributed by atoms with E-state index in [9.17, 15) is 4.79 Å². The van der Waals surface area contributed by atoms with Crippen molar-refractivity contribution in [1.29, 1.82) is 0 Å². The van der Waals surface area contributed by atoms with Gasteiger partial charge in [0, 0.05) is 13.5 Å². The average Bonchev–Trinajstić information content (AvgIpc) is 2.10. The van der Waals surface area contributed by atoms with Crippen molar-refractivity contribution in [3.8, 4) is 0 Å². The highest BCUT2D eigenvalue weighted by atomic mass is 16.1. The molecule has 0 heterocycles. The number of carbonyl (C=O) groups excluding carboxylic acids is 1. The zero-order chi connectivity index (χ0) is 12.8. The smallest absolute Gasteiger partial charge is 0.216 e. The molecule has 0 unspecified atom stereocenters. The highest BCUT2D eigenvalue weighted by Gasteiger charge is 2.28. The van der Waals surface area contributed by atoms with Crippen molar-refractivity contribution < 1.29 is 4.79 Å². The van der Waals surface area contributed by atoms with E-state index < -0.39 is 0 Å². The minimum atomic E-state index is 0.0566. The normalized spacial score (nSPS) is 12.6. The number of amides is 1. The molecule has 3 heteroatoms. The monoisotopic (exact) mass is 228 g/mol. The minimum absolute atomic E-state index is 0.0566. The summed E-state index contributed by atoms with van der Waals surface area (Å²) in [7, 11) is 1.98. The van der Waals surface area contributed by atoms with Crippen molar-refractivity contribution in [2.45, 2.75) is 47.5 Å². The van der Waals surface area contributed by atoms with Crippen LogP contribution < -0.4 is 10.6 Å². The van der Waals surface area contributed by atoms with Crippen LogP contribution in [-0.4, -0.2) is 26.0 Å². The van der Waals surface area contributed by atoms with E-state index in [4.69, 9.17) is 0 Å². The summed E-state index contributed by atoms with van der Waals surface area (Å²) in [6, 6.07) is 0. The van der Waals surface area contributed by atoms with Crippen molar-refractivity contribution in [3.05, 3.63) is 0 Å². The van der Waals surface area contributed by atoms with Crippen LogP contribution in [0.4, 0.5) is 0 Å². The molecule has 0 rings (SSSR count). The van der Waals surface area contributed by atoms with E-state index in [0.29, 0.717) is 5.41 Å². The molecule has 96 valence electrons. The van der Waals surface area contributed by atoms with Crippen molar-refractivity contribution >= 4 is 5.91 Å². The van der Waals surface area contributed by atoms with Crippen molar-refractivity contribution in [2.75, 3.05) is 20.1 Å². The molecular formula is C13H28N2O. The summed E-state index contributed by atoms with van der Waals surface area (Å²) in [4.78, 5) is 10.9. The Hall–Kier alpha value is -0.570. The second kappa shape index (κ2) is 6.24. The average molecular weight is 228 g/mol. The third kappa shape index (κ3) is 7.69. The molecule has 0 aromatic carbocycles. The Balaban J connectivity index is 4.16. The molecule has 0 aromatic rings. The maximum absolute atomic E-state index is 10.9. The van der Waals surface area contributed by atoms with E-state index in [-0.39, 0.29) is 11.3 Å². The lowest BCUT2D eigenvalue weighted by Gasteiger charge is -2.35. The predicted octanol–water partition coefficient (Wildman–Crippen LogP) is 2.17. The Bertz CT molecular complexity index is 222. The highest BCUT2D eigenvalue weighted by molar-refractivity contribution is 5.72. The number of hydrogen-bond acceptors (Lipinski definition) is 2. The number of hydrogen-bond donors (Lipinski definition) is 2. The molecule has 0 radical (unpaired) electrons. The van der Waals surface area contributed by atoms with Gasteiger partial charge in [-0.2, -0.15) is 0 Å². The lowest BCUT2D eigenvalue weighted by Crippen LogP contribution is -2.36. The van der Waals surface area contributed by atoms with Gasteiger partial charge in [-0.15, -0.1) is 0 Å². The first-order valence-corrected chi connectivity index (χ1v) is 6.08. The van der Waals surface area contributed by atoms with Crippen molar-refractivity contribution in [3.63, 3.8) is 0 Å². The first-order valence-electron chi connectivity index (χ1n) is 6.08. The topological polar surface area (TPSA) is 41.1 Å². The lowest BCUT2D eigenvalue weighted by atomic mass is 9.73. The molecule has 0 aliphatic carbocycles. The van der Waals surface area contributed by atoms with Crippen LogP contribution in [0.25, 0.3) is 0 Å². The van der Waals surface area contributed by atoms with E-state index in [2.05, 4.69) is 38.3 Å². The van der Waals surface area contributed by atoms with Gasteiger partial charge in [0.1, 0.15) is 0 Å². The largest absolute Gasteiger partial charge is 0.356 e. The molecular weight excluding hydrogens is 200 g/mol. The molecule has 0 aromatic heterocycles. The number of rotatable bonds is 7. The third-order valence-corrected chi connectivity index (χ3v) is 2.82. The second-order valence-corrected chi connectivity index (χ2v) is 6.27. The standard InChI is InChI=1S/C13H28N2O/c1-11(16)15-10-13(4,5)9-12(2,3)7-8-14-6/h14H,7-10H2,1-6H3,(H,15,16). The summed E-state index contributed by atoms with van der Waals surface area (Å²) in [5, 5.41) is 6.10. The SMILES string of the molecule is CNCCC(C)(C)CC(C)(C)CNC(C)=O. The summed E-state index contributed by atoms with van der Waals surface area (Å²) in [5.74, 6) is 0.0566. The van der Waals surface area contributed by atoms with Crippen LogP contribution in [0.1, 0.15) is 47.5 Å². The van der Waals surface area contributed by atoms with Crippen LogP contribution >= 0.6 is 0 Å². The Morgan fingerprint density at radius 2 is 1.69 bits per heavy atom. The van der Waals surface area contributed by atoms with Gasteiger partial charge in [0.15, 0.2) is 0 Å². The number of nitrogens with one attached hydrogen (secondary N) is 2. The summed E-state index contributed by atoms with van der Waals surface area (Å²) < 4.78 is 0.